The molecule has 0 aliphatic heterocycles. The van der Waals surface area contributed by atoms with Crippen molar-refractivity contribution < 1.29 is 4.42 Å². The molecule has 17 heavy (non-hydrogen) atoms. The lowest BCUT2D eigenvalue weighted by molar-refractivity contribution is 0.602. The van der Waals surface area contributed by atoms with Crippen LogP contribution >= 0.6 is 0 Å². The maximum atomic E-state index is 5.86. The molecule has 0 spiro atoms. The van der Waals surface area contributed by atoms with Gasteiger partial charge in [-0.25, -0.2) is 4.98 Å². The van der Waals surface area contributed by atoms with Crippen molar-refractivity contribution in [1.29, 1.82) is 0 Å². The number of nitrogen functional groups attached to an aromatic ring is 1. The van der Waals surface area contributed by atoms with Gasteiger partial charge in [0.05, 0.1) is 11.4 Å². The molecule has 3 aromatic rings. The SMILES string of the molecule is Nc1ccccc1Nc1ccc2ncoc2c1. The number of rotatable bonds is 2. The Labute approximate surface area is 98.1 Å². The van der Waals surface area contributed by atoms with Gasteiger partial charge < -0.3 is 15.5 Å². The molecule has 0 unspecified atom stereocenters. The van der Waals surface area contributed by atoms with Crippen molar-refractivity contribution in [3.63, 3.8) is 0 Å². The van der Waals surface area contributed by atoms with Crippen LogP contribution in [0.1, 0.15) is 0 Å². The van der Waals surface area contributed by atoms with E-state index in [0.717, 1.165) is 22.5 Å². The lowest BCUT2D eigenvalue weighted by atomic mass is 10.2. The second kappa shape index (κ2) is 3.83. The Morgan fingerprint density at radius 1 is 1.12 bits per heavy atom. The summed E-state index contributed by atoms with van der Waals surface area (Å²) >= 11 is 0. The molecule has 2 aromatic carbocycles. The molecule has 0 saturated heterocycles. The Bertz CT molecular complexity index is 660. The number of nitrogens with two attached hydrogens (primary N) is 1. The minimum absolute atomic E-state index is 0.713. The van der Waals surface area contributed by atoms with Gasteiger partial charge in [-0.15, -0.1) is 0 Å². The lowest BCUT2D eigenvalue weighted by Crippen LogP contribution is -1.95. The topological polar surface area (TPSA) is 64.1 Å². The molecular formula is C13H11N3O. The highest BCUT2D eigenvalue weighted by Crippen LogP contribution is 2.24. The molecule has 4 heteroatoms. The lowest BCUT2D eigenvalue weighted by Gasteiger charge is -2.08. The van der Waals surface area contributed by atoms with Gasteiger partial charge in [-0.1, -0.05) is 12.1 Å². The van der Waals surface area contributed by atoms with E-state index >= 15 is 0 Å². The van der Waals surface area contributed by atoms with E-state index < -0.39 is 0 Å². The van der Waals surface area contributed by atoms with Crippen LogP contribution < -0.4 is 11.1 Å². The van der Waals surface area contributed by atoms with Gasteiger partial charge >= 0.3 is 0 Å². The Kier molecular flexibility index (Phi) is 2.19. The molecule has 0 atom stereocenters. The Morgan fingerprint density at radius 3 is 2.88 bits per heavy atom. The van der Waals surface area contributed by atoms with E-state index in [1.165, 1.54) is 6.39 Å². The fourth-order valence-electron chi connectivity index (χ4n) is 1.70. The second-order valence-electron chi connectivity index (χ2n) is 3.75. The van der Waals surface area contributed by atoms with Gasteiger partial charge in [0.25, 0.3) is 0 Å². The molecule has 84 valence electrons. The summed E-state index contributed by atoms with van der Waals surface area (Å²) in [5, 5.41) is 3.24. The fourth-order valence-corrected chi connectivity index (χ4v) is 1.70. The number of nitrogens with one attached hydrogen (secondary N) is 1. The zero-order valence-electron chi connectivity index (χ0n) is 9.05. The van der Waals surface area contributed by atoms with Gasteiger partial charge in [-0.3, -0.25) is 0 Å². The maximum Gasteiger partial charge on any atom is 0.181 e. The van der Waals surface area contributed by atoms with Crippen molar-refractivity contribution >= 4 is 28.2 Å². The van der Waals surface area contributed by atoms with E-state index in [4.69, 9.17) is 10.2 Å². The van der Waals surface area contributed by atoms with E-state index in [1.807, 2.05) is 42.5 Å². The van der Waals surface area contributed by atoms with Crippen molar-refractivity contribution in [3.8, 4) is 0 Å². The highest BCUT2D eigenvalue weighted by Gasteiger charge is 2.02. The van der Waals surface area contributed by atoms with Gasteiger partial charge in [0.2, 0.25) is 0 Å². The van der Waals surface area contributed by atoms with Crippen molar-refractivity contribution in [2.24, 2.45) is 0 Å². The van der Waals surface area contributed by atoms with Crippen LogP contribution in [0.5, 0.6) is 0 Å². The average molecular weight is 225 g/mol. The van der Waals surface area contributed by atoms with Crippen molar-refractivity contribution in [1.82, 2.24) is 4.98 Å². The number of aromatic nitrogens is 1. The molecule has 0 saturated carbocycles. The number of para-hydroxylation sites is 2. The summed E-state index contributed by atoms with van der Waals surface area (Å²) < 4.78 is 5.24. The van der Waals surface area contributed by atoms with E-state index in [0.29, 0.717) is 5.69 Å². The molecular weight excluding hydrogens is 214 g/mol. The summed E-state index contributed by atoms with van der Waals surface area (Å²) in [5.41, 5.74) is 9.98. The molecule has 1 aromatic heterocycles. The molecule has 0 bridgehead atoms. The number of benzene rings is 2. The predicted octanol–water partition coefficient (Wildman–Crippen LogP) is 3.15. The predicted molar refractivity (Wildman–Crippen MR) is 68.1 cm³/mol. The molecule has 0 radical (unpaired) electrons. The first-order chi connectivity index (χ1) is 8.33. The zero-order chi connectivity index (χ0) is 11.7. The summed E-state index contributed by atoms with van der Waals surface area (Å²) in [6.07, 6.45) is 1.44. The van der Waals surface area contributed by atoms with Gasteiger partial charge in [0.1, 0.15) is 5.52 Å². The van der Waals surface area contributed by atoms with Gasteiger partial charge in [-0.2, -0.15) is 0 Å². The van der Waals surface area contributed by atoms with Crippen LogP contribution in [0.3, 0.4) is 0 Å². The monoisotopic (exact) mass is 225 g/mol. The van der Waals surface area contributed by atoms with Crippen molar-refractivity contribution in [3.05, 3.63) is 48.9 Å². The summed E-state index contributed by atoms with van der Waals surface area (Å²) in [4.78, 5) is 4.07. The highest BCUT2D eigenvalue weighted by atomic mass is 16.3. The first-order valence-electron chi connectivity index (χ1n) is 5.28. The van der Waals surface area contributed by atoms with Crippen LogP contribution in [0.25, 0.3) is 11.1 Å². The van der Waals surface area contributed by atoms with Crippen LogP contribution in [0.15, 0.2) is 53.3 Å². The molecule has 1 heterocycles. The van der Waals surface area contributed by atoms with Crippen LogP contribution in [-0.4, -0.2) is 4.98 Å². The normalized spacial score (nSPS) is 10.6. The van der Waals surface area contributed by atoms with Gasteiger partial charge in [0, 0.05) is 11.8 Å². The van der Waals surface area contributed by atoms with E-state index in [-0.39, 0.29) is 0 Å². The van der Waals surface area contributed by atoms with Crippen molar-refractivity contribution in [2.45, 2.75) is 0 Å². The van der Waals surface area contributed by atoms with Crippen LogP contribution in [-0.2, 0) is 0 Å². The summed E-state index contributed by atoms with van der Waals surface area (Å²) in [7, 11) is 0. The van der Waals surface area contributed by atoms with Gasteiger partial charge in [-0.05, 0) is 24.3 Å². The Morgan fingerprint density at radius 2 is 2.00 bits per heavy atom. The van der Waals surface area contributed by atoms with E-state index in [2.05, 4.69) is 10.3 Å². The Balaban J connectivity index is 1.97. The molecule has 3 rings (SSSR count). The first-order valence-corrected chi connectivity index (χ1v) is 5.28. The molecule has 3 N–H and O–H groups in total. The molecule has 0 amide bonds. The van der Waals surface area contributed by atoms with Crippen LogP contribution in [0, 0.1) is 0 Å². The van der Waals surface area contributed by atoms with E-state index in [1.54, 1.807) is 0 Å². The van der Waals surface area contributed by atoms with Crippen molar-refractivity contribution in [2.75, 3.05) is 11.1 Å². The van der Waals surface area contributed by atoms with Gasteiger partial charge in [0.15, 0.2) is 12.0 Å². The summed E-state index contributed by atoms with van der Waals surface area (Å²) in [5.74, 6) is 0. The summed E-state index contributed by atoms with van der Waals surface area (Å²) in [6, 6.07) is 13.4. The quantitative estimate of drug-likeness (QED) is 0.657. The molecule has 4 nitrogen and oxygen atoms in total. The third-order valence-electron chi connectivity index (χ3n) is 2.57. The van der Waals surface area contributed by atoms with Crippen LogP contribution in [0.2, 0.25) is 0 Å². The minimum atomic E-state index is 0.713. The standard InChI is InChI=1S/C13H11N3O/c14-10-3-1-2-4-11(10)16-9-5-6-12-13(7-9)17-8-15-12/h1-8,16H,14H2. The van der Waals surface area contributed by atoms with Crippen LogP contribution in [0.4, 0.5) is 17.1 Å². The number of hydrogen-bond donors (Lipinski definition) is 2. The number of nitrogens with zero attached hydrogens (tertiary/aromatic N) is 1. The number of anilines is 3. The first kappa shape index (κ1) is 9.72. The number of fused-ring (bicyclic) bond motifs is 1. The molecule has 0 aliphatic carbocycles. The highest BCUT2D eigenvalue weighted by molar-refractivity contribution is 5.80. The Hall–Kier alpha value is -2.49. The minimum Gasteiger partial charge on any atom is -0.443 e. The smallest absolute Gasteiger partial charge is 0.181 e. The third kappa shape index (κ3) is 1.80. The summed E-state index contributed by atoms with van der Waals surface area (Å²) in [6.45, 7) is 0. The average Bonchev–Trinajstić information content (AvgIpc) is 2.79. The number of hydrogen-bond acceptors (Lipinski definition) is 4. The zero-order valence-corrected chi connectivity index (χ0v) is 9.05. The van der Waals surface area contributed by atoms with E-state index in [9.17, 15) is 0 Å². The largest absolute Gasteiger partial charge is 0.443 e. The molecule has 0 fully saturated rings. The fraction of sp³-hybridized carbons (Fsp3) is 0. The maximum absolute atomic E-state index is 5.86. The second-order valence-corrected chi connectivity index (χ2v) is 3.75. The third-order valence-corrected chi connectivity index (χ3v) is 2.57. The molecule has 0 aliphatic rings. The number of oxazole rings is 1.